The van der Waals surface area contributed by atoms with Crippen molar-refractivity contribution < 1.29 is 52.2 Å². The Hall–Kier alpha value is -4.38. The minimum Gasteiger partial charge on any atom is -0.462 e. The highest BCUT2D eigenvalue weighted by molar-refractivity contribution is 7.47. The van der Waals surface area contributed by atoms with Crippen molar-refractivity contribution in [1.29, 1.82) is 0 Å². The topological polar surface area (TPSA) is 155 Å². The molecular weight excluding hydrogens is 904 g/mol. The molecule has 3 unspecified atom stereocenters. The number of aliphatic hydroxyl groups excluding tert-OH is 1. The maximum atomic E-state index is 12.8. The van der Waals surface area contributed by atoms with Gasteiger partial charge >= 0.3 is 25.7 Å². The van der Waals surface area contributed by atoms with Crippen LogP contribution < -0.4 is 0 Å². The van der Waals surface area contributed by atoms with Crippen LogP contribution in [0.25, 0.3) is 0 Å². The highest BCUT2D eigenvalue weighted by Crippen LogP contribution is 2.43. The lowest BCUT2D eigenvalue weighted by Gasteiger charge is -2.21. The zero-order chi connectivity index (χ0) is 51.3. The van der Waals surface area contributed by atoms with Crippen LogP contribution in [-0.2, 0) is 42.2 Å². The first-order chi connectivity index (χ1) is 34.2. The van der Waals surface area contributed by atoms with Crippen LogP contribution in [-0.4, -0.2) is 66.5 Å². The van der Waals surface area contributed by atoms with Crippen molar-refractivity contribution >= 4 is 25.7 Å². The van der Waals surface area contributed by atoms with E-state index in [1.54, 1.807) is 0 Å². The Kier molecular flexibility index (Phi) is 47.8. The van der Waals surface area contributed by atoms with Crippen LogP contribution in [0.15, 0.2) is 134 Å². The molecule has 394 valence electrons. The number of allylic oxidation sites excluding steroid dienone is 22. The van der Waals surface area contributed by atoms with E-state index in [1.807, 2.05) is 30.4 Å². The van der Waals surface area contributed by atoms with Crippen LogP contribution in [0.3, 0.4) is 0 Å². The summed E-state index contributed by atoms with van der Waals surface area (Å²) in [4.78, 5) is 48.2. The molecule has 0 aliphatic rings. The maximum absolute atomic E-state index is 12.8. The molecule has 0 bridgehead atoms. The summed E-state index contributed by atoms with van der Waals surface area (Å²) < 4.78 is 39.1. The van der Waals surface area contributed by atoms with Crippen molar-refractivity contribution in [3.8, 4) is 0 Å². The predicted molar refractivity (Wildman–Crippen MR) is 288 cm³/mol. The molecule has 0 saturated carbocycles. The first kappa shape index (κ1) is 65.6. The Balaban J connectivity index is 4.95. The van der Waals surface area contributed by atoms with E-state index in [4.69, 9.17) is 23.3 Å². The highest BCUT2D eigenvalue weighted by Gasteiger charge is 2.28. The average Bonchev–Trinajstić information content (AvgIpc) is 3.35. The summed E-state index contributed by atoms with van der Waals surface area (Å²) in [5.74, 6) is -1.70. The number of carbonyl (C=O) groups excluding carboxylic acids is 3. The van der Waals surface area contributed by atoms with Gasteiger partial charge in [0.15, 0.2) is 6.10 Å². The van der Waals surface area contributed by atoms with E-state index in [0.29, 0.717) is 25.7 Å². The van der Waals surface area contributed by atoms with Crippen molar-refractivity contribution in [3.05, 3.63) is 134 Å². The average molecular weight is 995 g/mol. The van der Waals surface area contributed by atoms with Crippen molar-refractivity contribution in [1.82, 2.24) is 0 Å². The van der Waals surface area contributed by atoms with E-state index >= 15 is 0 Å². The number of phosphoric ester groups is 1. The number of carbonyl (C=O) groups is 3. The third-order valence-electron chi connectivity index (χ3n) is 10.1. The Morgan fingerprint density at radius 2 is 0.771 bits per heavy atom. The van der Waals surface area contributed by atoms with E-state index in [2.05, 4.69) is 124 Å². The third kappa shape index (κ3) is 48.6. The summed E-state index contributed by atoms with van der Waals surface area (Å²) in [6.45, 7) is 4.15. The summed E-state index contributed by atoms with van der Waals surface area (Å²) in [6, 6.07) is 0. The lowest BCUT2D eigenvalue weighted by atomic mass is 10.1. The van der Waals surface area contributed by atoms with Crippen LogP contribution >= 0.6 is 7.82 Å². The highest BCUT2D eigenvalue weighted by atomic mass is 31.2. The summed E-state index contributed by atoms with van der Waals surface area (Å²) >= 11 is 0. The van der Waals surface area contributed by atoms with Gasteiger partial charge in [0, 0.05) is 19.3 Å². The smallest absolute Gasteiger partial charge is 0.462 e. The lowest BCUT2D eigenvalue weighted by molar-refractivity contribution is -0.161. The van der Waals surface area contributed by atoms with Crippen molar-refractivity contribution in [2.24, 2.45) is 0 Å². The summed E-state index contributed by atoms with van der Waals surface area (Å²) in [5, 5.41) is 9.76. The quantitative estimate of drug-likeness (QED) is 0.0197. The molecule has 0 aromatic rings. The standard InChI is InChI=1S/C58H91O11P/c1-4-7-10-13-16-19-22-24-25-26-27-28-29-31-33-35-38-41-44-47-56(60)65-51-55(69-58(62)49-46-43-40-37-34-30-23-20-17-14-11-8-5-2)53-67-70(63,64)66-52-54(50-59)68-57(61)48-45-42-39-36-32-21-18-15-12-9-6-3/h7-8,10-11,15-20,24-25,27-28,30-31,33-34,38,40-41,43,54-55,59H,4-6,9,12-14,21-23,26,29,32,35-37,39,42,44-53H2,1-3H3,(H,63,64)/b10-7-,11-8-,18-15-,19-16-,20-17-,25-24-,28-27-,33-31-,34-30-,41-38-,43-40-. The molecule has 70 heavy (non-hydrogen) atoms. The van der Waals surface area contributed by atoms with Crippen LogP contribution in [0.1, 0.15) is 175 Å². The molecule has 0 aromatic heterocycles. The second-order valence-corrected chi connectivity index (χ2v) is 18.0. The van der Waals surface area contributed by atoms with Gasteiger partial charge in [0.25, 0.3) is 0 Å². The second-order valence-electron chi connectivity index (χ2n) is 16.6. The fourth-order valence-electron chi connectivity index (χ4n) is 6.14. The largest absolute Gasteiger partial charge is 0.472 e. The molecule has 0 radical (unpaired) electrons. The minimum atomic E-state index is -4.79. The van der Waals surface area contributed by atoms with E-state index in [-0.39, 0.29) is 19.3 Å². The number of rotatable bonds is 46. The van der Waals surface area contributed by atoms with Gasteiger partial charge in [-0.05, 0) is 103 Å². The second kappa shape index (κ2) is 51.0. The summed E-state index contributed by atoms with van der Waals surface area (Å²) in [5.41, 5.74) is 0. The van der Waals surface area contributed by atoms with Crippen LogP contribution in [0.2, 0.25) is 0 Å². The Labute approximate surface area is 423 Å². The van der Waals surface area contributed by atoms with E-state index in [9.17, 15) is 28.9 Å². The number of hydrogen-bond acceptors (Lipinski definition) is 10. The fourth-order valence-corrected chi connectivity index (χ4v) is 6.92. The Bertz CT molecular complexity index is 1680. The summed E-state index contributed by atoms with van der Waals surface area (Å²) in [7, 11) is -4.79. The monoisotopic (exact) mass is 995 g/mol. The molecule has 11 nitrogen and oxygen atoms in total. The molecule has 0 saturated heterocycles. The SMILES string of the molecule is CC/C=C\C/C=C\C/C=C\C/C=C\C/C=C\C/C=C\CCC(=O)OCC(COP(=O)(O)OCC(CO)OC(=O)CCCCCCC/C=C\CCCC)OC(=O)CC/C=C\C/C=C\C/C=C\C/C=C\CC. The van der Waals surface area contributed by atoms with Crippen LogP contribution in [0.4, 0.5) is 0 Å². The number of hydrogen-bond donors (Lipinski definition) is 2. The van der Waals surface area contributed by atoms with Gasteiger partial charge in [-0.25, -0.2) is 4.57 Å². The number of aliphatic hydroxyl groups is 1. The van der Waals surface area contributed by atoms with Gasteiger partial charge in [-0.3, -0.25) is 23.4 Å². The molecule has 0 spiro atoms. The zero-order valence-electron chi connectivity index (χ0n) is 43.2. The molecule has 0 heterocycles. The predicted octanol–water partition coefficient (Wildman–Crippen LogP) is 15.0. The third-order valence-corrected chi connectivity index (χ3v) is 11.0. The fraction of sp³-hybridized carbons (Fsp3) is 0.569. The summed E-state index contributed by atoms with van der Waals surface area (Å²) in [6.07, 6.45) is 63.2. The molecule has 0 aliphatic carbocycles. The first-order valence-corrected chi connectivity index (χ1v) is 27.6. The number of ether oxygens (including phenoxy) is 3. The van der Waals surface area contributed by atoms with Gasteiger partial charge in [0.05, 0.1) is 19.8 Å². The molecule has 0 fully saturated rings. The van der Waals surface area contributed by atoms with E-state index < -0.39 is 64.4 Å². The molecule has 12 heteroatoms. The molecule has 3 atom stereocenters. The molecule has 0 amide bonds. The molecule has 0 aromatic carbocycles. The normalized spacial score (nSPS) is 14.5. The van der Waals surface area contributed by atoms with Crippen molar-refractivity contribution in [2.75, 3.05) is 26.4 Å². The van der Waals surface area contributed by atoms with Gasteiger partial charge in [0.2, 0.25) is 0 Å². The van der Waals surface area contributed by atoms with Crippen LogP contribution in [0, 0.1) is 0 Å². The van der Waals surface area contributed by atoms with Crippen LogP contribution in [0.5, 0.6) is 0 Å². The molecule has 2 N–H and O–H groups in total. The van der Waals surface area contributed by atoms with E-state index in [0.717, 1.165) is 96.3 Å². The van der Waals surface area contributed by atoms with Gasteiger partial charge in [-0.15, -0.1) is 0 Å². The van der Waals surface area contributed by atoms with Gasteiger partial charge in [-0.1, -0.05) is 187 Å². The molecular formula is C58H91O11P. The molecule has 0 aliphatic heterocycles. The number of esters is 3. The van der Waals surface area contributed by atoms with Crippen molar-refractivity contribution in [3.63, 3.8) is 0 Å². The first-order valence-electron chi connectivity index (χ1n) is 26.1. The Morgan fingerprint density at radius 3 is 1.23 bits per heavy atom. The van der Waals surface area contributed by atoms with Crippen molar-refractivity contribution in [2.45, 2.75) is 187 Å². The minimum absolute atomic E-state index is 0.0228. The molecule has 0 rings (SSSR count). The lowest BCUT2D eigenvalue weighted by Crippen LogP contribution is -2.30. The van der Waals surface area contributed by atoms with Gasteiger partial charge < -0.3 is 24.2 Å². The Morgan fingerprint density at radius 1 is 0.414 bits per heavy atom. The maximum Gasteiger partial charge on any atom is 0.472 e. The number of unbranched alkanes of at least 4 members (excludes halogenated alkanes) is 7. The zero-order valence-corrected chi connectivity index (χ0v) is 44.1. The van der Waals surface area contributed by atoms with Gasteiger partial charge in [-0.2, -0.15) is 0 Å². The van der Waals surface area contributed by atoms with E-state index in [1.165, 1.54) is 12.8 Å². The van der Waals surface area contributed by atoms with Gasteiger partial charge in [0.1, 0.15) is 12.7 Å². The number of phosphoric acid groups is 1.